The fourth-order valence-electron chi connectivity index (χ4n) is 3.16. The summed E-state index contributed by atoms with van der Waals surface area (Å²) in [7, 11) is 0. The summed E-state index contributed by atoms with van der Waals surface area (Å²) in [5.74, 6) is 0.0355. The number of carbonyl (C=O) groups is 1. The van der Waals surface area contributed by atoms with Crippen LogP contribution in [0, 0.1) is 12.8 Å². The van der Waals surface area contributed by atoms with Gasteiger partial charge in [0.1, 0.15) is 5.56 Å². The van der Waals surface area contributed by atoms with Crippen LogP contribution in [0.2, 0.25) is 0 Å². The molecule has 4 heteroatoms. The second kappa shape index (κ2) is 5.72. The summed E-state index contributed by atoms with van der Waals surface area (Å²) < 4.78 is 1.46. The number of hydrogen-bond donors (Lipinski definition) is 1. The topological polar surface area (TPSA) is 54.9 Å². The van der Waals surface area contributed by atoms with E-state index < -0.39 is 0 Å². The fraction of sp³-hybridized carbons (Fsp3) is 0.412. The van der Waals surface area contributed by atoms with E-state index >= 15 is 0 Å². The Morgan fingerprint density at radius 2 is 1.81 bits per heavy atom. The number of aromatic amines is 1. The zero-order chi connectivity index (χ0) is 14.8. The van der Waals surface area contributed by atoms with E-state index in [0.717, 1.165) is 31.4 Å². The van der Waals surface area contributed by atoms with Gasteiger partial charge in [-0.25, -0.2) is 4.68 Å². The van der Waals surface area contributed by atoms with Crippen LogP contribution in [0.15, 0.2) is 35.1 Å². The lowest BCUT2D eigenvalue weighted by atomic mass is 9.84. The van der Waals surface area contributed by atoms with Gasteiger partial charge < -0.3 is 0 Å². The number of Topliss-reactive ketones (excluding diaryl/α,β-unsaturated/α-hetero) is 1. The molecule has 0 amide bonds. The molecule has 0 spiro atoms. The molecular formula is C17H20N2O2. The minimum absolute atomic E-state index is 0.0168. The molecule has 3 rings (SSSR count). The first-order chi connectivity index (χ1) is 10.2. The van der Waals surface area contributed by atoms with Crippen LogP contribution >= 0.6 is 0 Å². The molecule has 0 aliphatic heterocycles. The number of aromatic nitrogens is 2. The van der Waals surface area contributed by atoms with Crippen molar-refractivity contribution in [2.24, 2.45) is 5.92 Å². The number of aryl methyl sites for hydroxylation is 1. The van der Waals surface area contributed by atoms with E-state index in [0.29, 0.717) is 11.3 Å². The van der Waals surface area contributed by atoms with Crippen LogP contribution in [-0.2, 0) is 0 Å². The molecule has 2 aromatic rings. The number of nitrogens with zero attached hydrogens (tertiary/aromatic N) is 1. The van der Waals surface area contributed by atoms with Gasteiger partial charge in [0.25, 0.3) is 5.56 Å². The lowest BCUT2D eigenvalue weighted by molar-refractivity contribution is 0.0888. The van der Waals surface area contributed by atoms with Crippen molar-refractivity contribution in [2.45, 2.75) is 39.0 Å². The number of para-hydroxylation sites is 1. The van der Waals surface area contributed by atoms with Gasteiger partial charge in [0.15, 0.2) is 5.78 Å². The Hall–Kier alpha value is -2.10. The second-order valence-corrected chi connectivity index (χ2v) is 5.79. The number of H-pyrrole nitrogens is 1. The normalized spacial score (nSPS) is 16.0. The molecule has 0 unspecified atom stereocenters. The summed E-state index contributed by atoms with van der Waals surface area (Å²) in [6.45, 7) is 1.80. The van der Waals surface area contributed by atoms with Crippen LogP contribution < -0.4 is 5.56 Å². The molecule has 1 aromatic carbocycles. The molecule has 1 fully saturated rings. The first-order valence-electron chi connectivity index (χ1n) is 7.59. The van der Waals surface area contributed by atoms with Crippen LogP contribution in [0.5, 0.6) is 0 Å². The Kier molecular flexibility index (Phi) is 3.78. The van der Waals surface area contributed by atoms with Crippen molar-refractivity contribution in [1.29, 1.82) is 0 Å². The summed E-state index contributed by atoms with van der Waals surface area (Å²) in [5, 5.41) is 3.03. The van der Waals surface area contributed by atoms with Crippen molar-refractivity contribution in [3.8, 4) is 5.69 Å². The number of nitrogens with one attached hydrogen (secondary N) is 1. The summed E-state index contributed by atoms with van der Waals surface area (Å²) in [5.41, 5.74) is 1.53. The largest absolute Gasteiger partial charge is 0.295 e. The van der Waals surface area contributed by atoms with Crippen molar-refractivity contribution in [3.05, 3.63) is 51.9 Å². The molecule has 1 heterocycles. The number of carbonyl (C=O) groups excluding carboxylic acids is 1. The van der Waals surface area contributed by atoms with Crippen LogP contribution in [0.4, 0.5) is 0 Å². The smallest absolute Gasteiger partial charge is 0.282 e. The average molecular weight is 284 g/mol. The van der Waals surface area contributed by atoms with Gasteiger partial charge in [0.05, 0.1) is 5.69 Å². The van der Waals surface area contributed by atoms with Gasteiger partial charge in [0.2, 0.25) is 0 Å². The third kappa shape index (κ3) is 2.58. The van der Waals surface area contributed by atoms with Gasteiger partial charge >= 0.3 is 0 Å². The standard InChI is InChI=1S/C17H20N2O2/c1-12-15(16(20)13-8-4-2-5-9-13)17(21)19(18-12)14-10-6-3-7-11-14/h3,6-7,10-11,13,18H,2,4-5,8-9H2,1H3. The van der Waals surface area contributed by atoms with E-state index in [2.05, 4.69) is 5.10 Å². The first-order valence-corrected chi connectivity index (χ1v) is 7.59. The Morgan fingerprint density at radius 3 is 2.48 bits per heavy atom. The summed E-state index contributed by atoms with van der Waals surface area (Å²) in [6.07, 6.45) is 5.20. The van der Waals surface area contributed by atoms with Gasteiger partial charge in [-0.1, -0.05) is 37.5 Å². The van der Waals surface area contributed by atoms with Crippen molar-refractivity contribution in [3.63, 3.8) is 0 Å². The number of hydrogen-bond acceptors (Lipinski definition) is 2. The summed E-state index contributed by atoms with van der Waals surface area (Å²) >= 11 is 0. The fourth-order valence-corrected chi connectivity index (χ4v) is 3.16. The maximum Gasteiger partial charge on any atom is 0.282 e. The van der Waals surface area contributed by atoms with Crippen LogP contribution in [0.25, 0.3) is 5.69 Å². The molecule has 0 radical (unpaired) electrons. The van der Waals surface area contributed by atoms with Crippen LogP contribution in [-0.4, -0.2) is 15.6 Å². The zero-order valence-electron chi connectivity index (χ0n) is 12.3. The van der Waals surface area contributed by atoms with Gasteiger partial charge in [0, 0.05) is 11.6 Å². The molecule has 0 atom stereocenters. The maximum absolute atomic E-state index is 12.7. The minimum Gasteiger partial charge on any atom is -0.295 e. The third-order valence-corrected chi connectivity index (χ3v) is 4.31. The Labute approximate surface area is 123 Å². The predicted molar refractivity (Wildman–Crippen MR) is 82.0 cm³/mol. The maximum atomic E-state index is 12.7. The highest BCUT2D eigenvalue weighted by molar-refractivity contribution is 5.98. The molecule has 0 bridgehead atoms. The molecule has 1 N–H and O–H groups in total. The minimum atomic E-state index is -0.228. The van der Waals surface area contributed by atoms with Crippen LogP contribution in [0.3, 0.4) is 0 Å². The SMILES string of the molecule is Cc1[nH]n(-c2ccccc2)c(=O)c1C(=O)C1CCCCC1. The third-order valence-electron chi connectivity index (χ3n) is 4.31. The molecule has 1 saturated carbocycles. The predicted octanol–water partition coefficient (Wildman–Crippen LogP) is 3.24. The molecule has 1 aliphatic rings. The number of rotatable bonds is 3. The summed E-state index contributed by atoms with van der Waals surface area (Å²) in [4.78, 5) is 25.2. The summed E-state index contributed by atoms with van der Waals surface area (Å²) in [6, 6.07) is 9.36. The highest BCUT2D eigenvalue weighted by Crippen LogP contribution is 2.26. The lowest BCUT2D eigenvalue weighted by Gasteiger charge is -2.19. The number of ketones is 1. The molecule has 1 aromatic heterocycles. The highest BCUT2D eigenvalue weighted by Gasteiger charge is 2.27. The zero-order valence-corrected chi connectivity index (χ0v) is 12.3. The molecular weight excluding hydrogens is 264 g/mol. The second-order valence-electron chi connectivity index (χ2n) is 5.79. The molecule has 0 saturated heterocycles. The van der Waals surface area contributed by atoms with Gasteiger partial charge in [-0.2, -0.15) is 0 Å². The van der Waals surface area contributed by atoms with Gasteiger partial charge in [-0.15, -0.1) is 0 Å². The quantitative estimate of drug-likeness (QED) is 0.880. The van der Waals surface area contributed by atoms with Gasteiger partial charge in [-0.05, 0) is 31.9 Å². The first kappa shape index (κ1) is 13.9. The van der Waals surface area contributed by atoms with E-state index in [-0.39, 0.29) is 17.3 Å². The van der Waals surface area contributed by atoms with E-state index in [1.807, 2.05) is 30.3 Å². The Bertz CT molecular complexity index is 691. The van der Waals surface area contributed by atoms with Crippen molar-refractivity contribution >= 4 is 5.78 Å². The van der Waals surface area contributed by atoms with Gasteiger partial charge in [-0.3, -0.25) is 14.7 Å². The van der Waals surface area contributed by atoms with Crippen molar-refractivity contribution in [2.75, 3.05) is 0 Å². The Morgan fingerprint density at radius 1 is 1.14 bits per heavy atom. The van der Waals surface area contributed by atoms with Crippen molar-refractivity contribution in [1.82, 2.24) is 9.78 Å². The van der Waals surface area contributed by atoms with E-state index in [4.69, 9.17) is 0 Å². The van der Waals surface area contributed by atoms with E-state index in [1.165, 1.54) is 11.1 Å². The average Bonchev–Trinajstić information content (AvgIpc) is 2.83. The van der Waals surface area contributed by atoms with Crippen LogP contribution in [0.1, 0.15) is 48.2 Å². The highest BCUT2D eigenvalue weighted by atomic mass is 16.2. The molecule has 110 valence electrons. The lowest BCUT2D eigenvalue weighted by Crippen LogP contribution is -2.26. The Balaban J connectivity index is 1.98. The molecule has 4 nitrogen and oxygen atoms in total. The van der Waals surface area contributed by atoms with E-state index in [9.17, 15) is 9.59 Å². The molecule has 21 heavy (non-hydrogen) atoms. The van der Waals surface area contributed by atoms with Crippen molar-refractivity contribution < 1.29 is 4.79 Å². The number of benzene rings is 1. The monoisotopic (exact) mass is 284 g/mol. The van der Waals surface area contributed by atoms with E-state index in [1.54, 1.807) is 6.92 Å². The molecule has 1 aliphatic carbocycles.